The first-order valence-electron chi connectivity index (χ1n) is 8.78. The predicted molar refractivity (Wildman–Crippen MR) is 92.3 cm³/mol. The fraction of sp³-hybridized carbons (Fsp3) is 0.611. The van der Waals surface area contributed by atoms with Gasteiger partial charge in [-0.25, -0.2) is 0 Å². The summed E-state index contributed by atoms with van der Waals surface area (Å²) in [7, 11) is -0.813. The Morgan fingerprint density at radius 2 is 1.62 bits per heavy atom. The number of amides is 1. The third-order valence-electron chi connectivity index (χ3n) is 5.50. The highest BCUT2D eigenvalue weighted by atomic mass is 19.4. The predicted octanol–water partition coefficient (Wildman–Crippen LogP) is 3.24. The second kappa shape index (κ2) is 6.27. The molecule has 1 aromatic carbocycles. The molecule has 2 aliphatic heterocycles. The molecule has 2 aliphatic rings. The van der Waals surface area contributed by atoms with Crippen molar-refractivity contribution in [2.45, 2.75) is 57.9 Å². The Morgan fingerprint density at radius 3 is 2.12 bits per heavy atom. The minimum atomic E-state index is -4.60. The molecule has 26 heavy (non-hydrogen) atoms. The molecule has 2 fully saturated rings. The van der Waals surface area contributed by atoms with Crippen LogP contribution in [0.3, 0.4) is 0 Å². The summed E-state index contributed by atoms with van der Waals surface area (Å²) >= 11 is 0. The van der Waals surface area contributed by atoms with Gasteiger partial charge in [0, 0.05) is 13.1 Å². The lowest BCUT2D eigenvalue weighted by atomic mass is 9.77. The number of carbonyl (C=O) groups is 1. The average molecular weight is 369 g/mol. The van der Waals surface area contributed by atoms with Gasteiger partial charge in [0.25, 0.3) is 5.91 Å². The number of benzene rings is 1. The SMILES string of the molecule is CC1(C)OB(c2ccc(C(F)(F)F)c(C(=O)N3CCCC3)c2)OC1(C)C. The first kappa shape index (κ1) is 19.2. The van der Waals surface area contributed by atoms with Crippen LogP contribution in [-0.2, 0) is 15.5 Å². The van der Waals surface area contributed by atoms with E-state index in [4.69, 9.17) is 9.31 Å². The van der Waals surface area contributed by atoms with Crippen molar-refractivity contribution in [1.29, 1.82) is 0 Å². The molecule has 2 saturated heterocycles. The van der Waals surface area contributed by atoms with Gasteiger partial charge in [0.1, 0.15) is 0 Å². The first-order chi connectivity index (χ1) is 11.9. The highest BCUT2D eigenvalue weighted by Gasteiger charge is 2.52. The van der Waals surface area contributed by atoms with Crippen molar-refractivity contribution in [2.24, 2.45) is 0 Å². The number of likely N-dealkylation sites (tertiary alicyclic amines) is 1. The van der Waals surface area contributed by atoms with Gasteiger partial charge in [-0.3, -0.25) is 4.79 Å². The fourth-order valence-electron chi connectivity index (χ4n) is 3.20. The fourth-order valence-corrected chi connectivity index (χ4v) is 3.20. The van der Waals surface area contributed by atoms with Gasteiger partial charge < -0.3 is 14.2 Å². The average Bonchev–Trinajstić information content (AvgIpc) is 3.12. The Bertz CT molecular complexity index is 696. The molecule has 1 amide bonds. The number of rotatable bonds is 2. The molecule has 0 unspecified atom stereocenters. The number of nitrogens with zero attached hydrogens (tertiary/aromatic N) is 1. The van der Waals surface area contributed by atoms with E-state index >= 15 is 0 Å². The lowest BCUT2D eigenvalue weighted by Gasteiger charge is -2.32. The third-order valence-corrected chi connectivity index (χ3v) is 5.50. The van der Waals surface area contributed by atoms with Gasteiger partial charge in [0.2, 0.25) is 0 Å². The molecule has 3 rings (SSSR count). The summed E-state index contributed by atoms with van der Waals surface area (Å²) in [6, 6.07) is 3.54. The first-order valence-corrected chi connectivity index (χ1v) is 8.78. The quantitative estimate of drug-likeness (QED) is 0.752. The van der Waals surface area contributed by atoms with Crippen molar-refractivity contribution in [1.82, 2.24) is 4.90 Å². The normalized spacial score (nSPS) is 22.1. The van der Waals surface area contributed by atoms with Crippen LogP contribution in [-0.4, -0.2) is 42.2 Å². The Morgan fingerprint density at radius 1 is 1.08 bits per heavy atom. The second-order valence-corrected chi connectivity index (χ2v) is 7.89. The summed E-state index contributed by atoms with van der Waals surface area (Å²) in [5.74, 6) is -0.590. The molecule has 0 atom stereocenters. The Labute approximate surface area is 151 Å². The number of carbonyl (C=O) groups excluding carboxylic acids is 1. The molecule has 142 valence electrons. The number of hydrogen-bond donors (Lipinski definition) is 0. The Hall–Kier alpha value is -1.54. The van der Waals surface area contributed by atoms with Gasteiger partial charge in [-0.2, -0.15) is 13.2 Å². The van der Waals surface area contributed by atoms with Gasteiger partial charge in [-0.1, -0.05) is 6.07 Å². The highest BCUT2D eigenvalue weighted by molar-refractivity contribution is 6.62. The van der Waals surface area contributed by atoms with Crippen LogP contribution in [0.1, 0.15) is 56.5 Å². The van der Waals surface area contributed by atoms with Crippen molar-refractivity contribution in [2.75, 3.05) is 13.1 Å². The summed E-state index contributed by atoms with van der Waals surface area (Å²) < 4.78 is 52.1. The third kappa shape index (κ3) is 3.36. The van der Waals surface area contributed by atoms with Crippen LogP contribution in [0.4, 0.5) is 13.2 Å². The maximum absolute atomic E-state index is 13.4. The van der Waals surface area contributed by atoms with E-state index in [0.717, 1.165) is 18.9 Å². The number of hydrogen-bond acceptors (Lipinski definition) is 3. The molecule has 0 N–H and O–H groups in total. The van der Waals surface area contributed by atoms with Crippen LogP contribution < -0.4 is 5.46 Å². The zero-order valence-electron chi connectivity index (χ0n) is 15.4. The van der Waals surface area contributed by atoms with Gasteiger partial charge in [-0.05, 0) is 58.1 Å². The van der Waals surface area contributed by atoms with E-state index in [1.54, 1.807) is 0 Å². The summed E-state index contributed by atoms with van der Waals surface area (Å²) in [5, 5.41) is 0. The smallest absolute Gasteiger partial charge is 0.399 e. The van der Waals surface area contributed by atoms with Crippen LogP contribution in [0.15, 0.2) is 18.2 Å². The van der Waals surface area contributed by atoms with Gasteiger partial charge in [-0.15, -0.1) is 0 Å². The van der Waals surface area contributed by atoms with Gasteiger partial charge in [0.15, 0.2) is 0 Å². The molecule has 4 nitrogen and oxygen atoms in total. The highest BCUT2D eigenvalue weighted by Crippen LogP contribution is 2.37. The van der Waals surface area contributed by atoms with E-state index in [0.29, 0.717) is 18.6 Å². The lowest BCUT2D eigenvalue weighted by Crippen LogP contribution is -2.41. The molecule has 0 aromatic heterocycles. The summed E-state index contributed by atoms with van der Waals surface area (Å²) in [4.78, 5) is 14.2. The maximum Gasteiger partial charge on any atom is 0.494 e. The van der Waals surface area contributed by atoms with E-state index in [1.165, 1.54) is 17.0 Å². The zero-order chi connectivity index (χ0) is 19.3. The van der Waals surface area contributed by atoms with E-state index in [-0.39, 0.29) is 5.56 Å². The van der Waals surface area contributed by atoms with Crippen LogP contribution >= 0.6 is 0 Å². The zero-order valence-corrected chi connectivity index (χ0v) is 15.4. The van der Waals surface area contributed by atoms with Crippen LogP contribution in [0.5, 0.6) is 0 Å². The summed E-state index contributed by atoms with van der Waals surface area (Å²) in [6.07, 6.45) is -2.98. The standard InChI is InChI=1S/C18H23BF3NO3/c1-16(2)17(3,4)26-19(25-16)12-7-8-14(18(20,21)22)13(11-12)15(24)23-9-5-6-10-23/h7-8,11H,5-6,9-10H2,1-4H3. The molecule has 0 bridgehead atoms. The van der Waals surface area contributed by atoms with Crippen molar-refractivity contribution < 1.29 is 27.3 Å². The maximum atomic E-state index is 13.4. The van der Waals surface area contributed by atoms with Crippen LogP contribution in [0, 0.1) is 0 Å². The molecular formula is C18H23BF3NO3. The molecular weight excluding hydrogens is 346 g/mol. The summed E-state index contributed by atoms with van der Waals surface area (Å²) in [5.41, 5.74) is -2.07. The lowest BCUT2D eigenvalue weighted by molar-refractivity contribution is -0.138. The van der Waals surface area contributed by atoms with E-state index in [9.17, 15) is 18.0 Å². The molecule has 0 aliphatic carbocycles. The van der Waals surface area contributed by atoms with Crippen LogP contribution in [0.2, 0.25) is 0 Å². The second-order valence-electron chi connectivity index (χ2n) is 7.89. The van der Waals surface area contributed by atoms with E-state index < -0.39 is 36.0 Å². The molecule has 0 saturated carbocycles. The van der Waals surface area contributed by atoms with Crippen molar-refractivity contribution in [3.8, 4) is 0 Å². The molecule has 2 heterocycles. The molecule has 8 heteroatoms. The number of alkyl halides is 3. The topological polar surface area (TPSA) is 38.8 Å². The minimum Gasteiger partial charge on any atom is -0.399 e. The minimum absolute atomic E-state index is 0.341. The largest absolute Gasteiger partial charge is 0.494 e. The molecule has 0 radical (unpaired) electrons. The van der Waals surface area contributed by atoms with Crippen molar-refractivity contribution in [3.63, 3.8) is 0 Å². The van der Waals surface area contributed by atoms with Crippen molar-refractivity contribution >= 4 is 18.5 Å². The van der Waals surface area contributed by atoms with E-state index in [1.807, 2.05) is 27.7 Å². The van der Waals surface area contributed by atoms with Crippen LogP contribution in [0.25, 0.3) is 0 Å². The Balaban J connectivity index is 1.99. The van der Waals surface area contributed by atoms with Crippen molar-refractivity contribution in [3.05, 3.63) is 29.3 Å². The van der Waals surface area contributed by atoms with Gasteiger partial charge in [0.05, 0.1) is 22.3 Å². The van der Waals surface area contributed by atoms with E-state index in [2.05, 4.69) is 0 Å². The van der Waals surface area contributed by atoms with Gasteiger partial charge >= 0.3 is 13.3 Å². The molecule has 1 aromatic rings. The number of halogens is 3. The summed E-state index contributed by atoms with van der Waals surface area (Å²) in [6.45, 7) is 8.44. The monoisotopic (exact) mass is 369 g/mol. The Kier molecular flexibility index (Phi) is 4.64. The molecule has 0 spiro atoms.